The molecule has 0 aromatic heterocycles. The van der Waals surface area contributed by atoms with Gasteiger partial charge in [-0.05, 0) is 6.92 Å². The van der Waals surface area contributed by atoms with E-state index < -0.39 is 11.8 Å². The summed E-state index contributed by atoms with van der Waals surface area (Å²) in [5.74, 6) is 1.69. The van der Waals surface area contributed by atoms with E-state index in [0.717, 1.165) is 39.0 Å². The highest BCUT2D eigenvalue weighted by molar-refractivity contribution is 8.76. The molecule has 5 aliphatic rings. The van der Waals surface area contributed by atoms with Crippen LogP contribution in [0.3, 0.4) is 0 Å². The fourth-order valence-electron chi connectivity index (χ4n) is 5.64. The first-order valence-corrected chi connectivity index (χ1v) is 12.5. The Balaban J connectivity index is 1.62. The zero-order valence-corrected chi connectivity index (χ0v) is 18.3. The van der Waals surface area contributed by atoms with Crippen LogP contribution in [0.25, 0.3) is 0 Å². The van der Waals surface area contributed by atoms with Crippen LogP contribution in [0.4, 0.5) is 10.5 Å². The molecular formula is C19H23N5O4S2. The smallest absolute Gasteiger partial charge is 0.404 e. The summed E-state index contributed by atoms with van der Waals surface area (Å²) >= 11 is 0. The molecular weight excluding hydrogens is 426 g/mol. The third-order valence-corrected chi connectivity index (χ3v) is 9.47. The molecule has 0 aliphatic carbocycles. The fourth-order valence-corrected chi connectivity index (χ4v) is 8.11. The van der Waals surface area contributed by atoms with Gasteiger partial charge in [0.05, 0.1) is 40.4 Å². The minimum absolute atomic E-state index is 0.0563. The predicted octanol–water partition coefficient (Wildman–Crippen LogP) is -0.219. The number of nitrogens with one attached hydrogen (secondary N) is 1. The number of hydrogen-bond donors (Lipinski definition) is 3. The maximum atomic E-state index is 11.5. The van der Waals surface area contributed by atoms with Gasteiger partial charge in [-0.1, -0.05) is 21.6 Å². The molecule has 9 nitrogen and oxygen atoms in total. The maximum absolute atomic E-state index is 11.5. The van der Waals surface area contributed by atoms with Crippen molar-refractivity contribution in [3.63, 3.8) is 0 Å². The molecule has 5 heterocycles. The minimum Gasteiger partial charge on any atom is -0.505 e. The number of piperazine rings is 1. The standard InChI is InChI=1S/C19H23N5O4S2/c1-7-13-14(22-11-6-30-29-5-10(11)21-13)12-8(4-28-18(20)26)19(27-2)17-9(23-17)3-24(19)15(12)16(7)25/h8-11,17,23,25H,3-6H2,1-2H3,(H2,20,26)/t8-,9+,10+,11+,17+,19-/m1/s1. The van der Waals surface area contributed by atoms with Crippen LogP contribution in [0.1, 0.15) is 17.0 Å². The third-order valence-electron chi connectivity index (χ3n) is 7.03. The first-order valence-electron chi connectivity index (χ1n) is 10.0. The molecule has 0 bridgehead atoms. The van der Waals surface area contributed by atoms with Gasteiger partial charge in [-0.2, -0.15) is 0 Å². The lowest BCUT2D eigenvalue weighted by Gasteiger charge is -2.38. The number of aromatic hydroxyl groups is 1. The third kappa shape index (κ3) is 2.32. The predicted molar refractivity (Wildman–Crippen MR) is 114 cm³/mol. The van der Waals surface area contributed by atoms with Gasteiger partial charge in [0.15, 0.2) is 5.72 Å². The Labute approximate surface area is 180 Å². The van der Waals surface area contributed by atoms with Crippen LogP contribution in [0.15, 0.2) is 9.98 Å². The number of methoxy groups -OCH3 is 1. The second-order valence-corrected chi connectivity index (χ2v) is 10.9. The van der Waals surface area contributed by atoms with Crippen molar-refractivity contribution >= 4 is 33.4 Å². The summed E-state index contributed by atoms with van der Waals surface area (Å²) in [6.45, 7) is 2.66. The number of carbonyl (C=O) groups is 1. The SMILES string of the molecule is CO[C@@]12[C@H](COC(N)=O)c3c(c(O)c(C)c4c3=N[C@H]3CSSC[C@@H]3N=4)N1C[C@@H]1N[C@@H]12. The lowest BCUT2D eigenvalue weighted by Crippen LogP contribution is -2.54. The number of phenols is 1. The van der Waals surface area contributed by atoms with Gasteiger partial charge in [0.25, 0.3) is 0 Å². The Morgan fingerprint density at radius 1 is 1.33 bits per heavy atom. The van der Waals surface area contributed by atoms with E-state index in [1.54, 1.807) is 7.11 Å². The number of nitrogens with zero attached hydrogens (tertiary/aromatic N) is 3. The Morgan fingerprint density at radius 2 is 2.03 bits per heavy atom. The second kappa shape index (κ2) is 6.41. The average molecular weight is 450 g/mol. The van der Waals surface area contributed by atoms with Gasteiger partial charge < -0.3 is 30.5 Å². The summed E-state index contributed by atoms with van der Waals surface area (Å²) in [6.07, 6.45) is -0.827. The molecule has 0 unspecified atom stereocenters. The normalized spacial score (nSPS) is 37.1. The van der Waals surface area contributed by atoms with Crippen molar-refractivity contribution in [2.45, 2.75) is 42.7 Å². The van der Waals surface area contributed by atoms with Crippen LogP contribution in [0, 0.1) is 6.92 Å². The van der Waals surface area contributed by atoms with Gasteiger partial charge in [-0.15, -0.1) is 0 Å². The number of phenolic OH excluding ortho intramolecular Hbond substituents is 1. The highest BCUT2D eigenvalue weighted by Crippen LogP contribution is 2.58. The van der Waals surface area contributed by atoms with E-state index in [1.165, 1.54) is 0 Å². The van der Waals surface area contributed by atoms with Gasteiger partial charge >= 0.3 is 6.09 Å². The van der Waals surface area contributed by atoms with E-state index in [4.69, 9.17) is 25.2 Å². The number of fused-ring (bicyclic) bond motifs is 8. The quantitative estimate of drug-likeness (QED) is 0.426. The minimum atomic E-state index is -0.827. The van der Waals surface area contributed by atoms with Gasteiger partial charge in [-0.3, -0.25) is 9.98 Å². The Morgan fingerprint density at radius 3 is 2.70 bits per heavy atom. The van der Waals surface area contributed by atoms with Crippen LogP contribution in [-0.4, -0.2) is 72.9 Å². The molecule has 160 valence electrons. The molecule has 0 saturated carbocycles. The van der Waals surface area contributed by atoms with E-state index in [2.05, 4.69) is 10.2 Å². The van der Waals surface area contributed by atoms with Crippen molar-refractivity contribution in [3.05, 3.63) is 21.8 Å². The number of primary amides is 1. The van der Waals surface area contributed by atoms with Crippen LogP contribution in [0.5, 0.6) is 5.75 Å². The number of amides is 1. The number of benzene rings is 1. The summed E-state index contributed by atoms with van der Waals surface area (Å²) in [4.78, 5) is 23.7. The summed E-state index contributed by atoms with van der Waals surface area (Å²) in [7, 11) is 5.31. The van der Waals surface area contributed by atoms with E-state index in [9.17, 15) is 9.90 Å². The van der Waals surface area contributed by atoms with Crippen molar-refractivity contribution in [1.29, 1.82) is 0 Å². The van der Waals surface area contributed by atoms with E-state index in [-0.39, 0.29) is 42.4 Å². The number of carbonyl (C=O) groups excluding carboxylic acids is 1. The second-order valence-electron chi connectivity index (χ2n) is 8.40. The largest absolute Gasteiger partial charge is 0.505 e. The van der Waals surface area contributed by atoms with Crippen molar-refractivity contribution in [2.24, 2.45) is 15.7 Å². The molecule has 3 fully saturated rings. The van der Waals surface area contributed by atoms with Gasteiger partial charge in [0, 0.05) is 42.3 Å². The number of ether oxygens (including phenoxy) is 2. The Bertz CT molecular complexity index is 1080. The molecule has 11 heteroatoms. The van der Waals surface area contributed by atoms with Crippen LogP contribution >= 0.6 is 21.6 Å². The molecule has 0 spiro atoms. The average Bonchev–Trinajstić information content (AvgIpc) is 3.35. The van der Waals surface area contributed by atoms with E-state index in [0.29, 0.717) is 6.54 Å². The summed E-state index contributed by atoms with van der Waals surface area (Å²) < 4.78 is 11.4. The van der Waals surface area contributed by atoms with Gasteiger partial charge in [-0.25, -0.2) is 4.79 Å². The molecule has 0 radical (unpaired) electrons. The fraction of sp³-hybridized carbons (Fsp3) is 0.632. The zero-order valence-electron chi connectivity index (χ0n) is 16.6. The number of rotatable bonds is 3. The summed E-state index contributed by atoms with van der Waals surface area (Å²) in [5.41, 5.74) is 6.88. The number of nitrogens with two attached hydrogens (primary N) is 1. The van der Waals surface area contributed by atoms with Crippen molar-refractivity contribution in [1.82, 2.24) is 5.32 Å². The number of anilines is 1. The first kappa shape index (κ1) is 19.0. The zero-order chi connectivity index (χ0) is 20.8. The molecule has 4 N–H and O–H groups in total. The highest BCUT2D eigenvalue weighted by atomic mass is 33.1. The Kier molecular flexibility index (Phi) is 4.07. The van der Waals surface area contributed by atoms with Crippen molar-refractivity contribution < 1.29 is 19.4 Å². The monoisotopic (exact) mass is 449 g/mol. The van der Waals surface area contributed by atoms with Crippen LogP contribution in [-0.2, 0) is 9.47 Å². The Hall–Kier alpha value is -1.69. The highest BCUT2D eigenvalue weighted by Gasteiger charge is 2.71. The van der Waals surface area contributed by atoms with E-state index in [1.807, 2.05) is 28.5 Å². The maximum Gasteiger partial charge on any atom is 0.404 e. The van der Waals surface area contributed by atoms with Crippen molar-refractivity contribution in [3.8, 4) is 5.75 Å². The molecule has 30 heavy (non-hydrogen) atoms. The summed E-state index contributed by atoms with van der Waals surface area (Å²) in [5, 5.41) is 16.3. The molecule has 5 aliphatic heterocycles. The molecule has 6 rings (SSSR count). The number of hydrogen-bond acceptors (Lipinski definition) is 10. The van der Waals surface area contributed by atoms with Crippen LogP contribution < -0.4 is 26.7 Å². The molecule has 1 amide bonds. The molecule has 6 atom stereocenters. The summed E-state index contributed by atoms with van der Waals surface area (Å²) in [6, 6.07) is 0.590. The van der Waals surface area contributed by atoms with Crippen molar-refractivity contribution in [2.75, 3.05) is 36.7 Å². The molecule has 1 aromatic carbocycles. The topological polar surface area (TPSA) is 132 Å². The lowest BCUT2D eigenvalue weighted by atomic mass is 9.88. The lowest BCUT2D eigenvalue weighted by molar-refractivity contribution is -0.0336. The van der Waals surface area contributed by atoms with E-state index >= 15 is 0 Å². The van der Waals surface area contributed by atoms with Gasteiger partial charge in [0.2, 0.25) is 0 Å². The van der Waals surface area contributed by atoms with Gasteiger partial charge in [0.1, 0.15) is 12.4 Å². The van der Waals surface area contributed by atoms with Crippen LogP contribution in [0.2, 0.25) is 0 Å². The molecule has 1 aromatic rings. The molecule has 3 saturated heterocycles. The first-order chi connectivity index (χ1) is 14.5.